The zero-order chi connectivity index (χ0) is 30.3. The maximum atomic E-state index is 13.0. The van der Waals surface area contributed by atoms with Crippen LogP contribution >= 0.6 is 0 Å². The number of nitrogens with one attached hydrogen (secondary N) is 2. The van der Waals surface area contributed by atoms with Gasteiger partial charge in [-0.15, -0.1) is 0 Å². The van der Waals surface area contributed by atoms with E-state index in [0.29, 0.717) is 50.7 Å². The van der Waals surface area contributed by atoms with Gasteiger partial charge in [0.25, 0.3) is 5.56 Å². The van der Waals surface area contributed by atoms with Gasteiger partial charge in [-0.05, 0) is 72.6 Å². The Morgan fingerprint density at radius 1 is 1.10 bits per heavy atom. The number of sulfonamides is 1. The van der Waals surface area contributed by atoms with Gasteiger partial charge in [-0.1, -0.05) is 26.8 Å². The van der Waals surface area contributed by atoms with Gasteiger partial charge in [-0.2, -0.15) is 4.98 Å². The van der Waals surface area contributed by atoms with Crippen LogP contribution in [-0.2, 0) is 27.4 Å². The molecule has 1 fully saturated rings. The average Bonchev–Trinajstić information content (AvgIpc) is 3.31. The SMILES string of the molecule is CC(C)(C)[Si](C)(C)OCCc1ccc2[nH]c(Cn3c(=O)ccc4cnc(NC5CCN(S(C)(=O)=O)CC5)nc43)cc2c1. The van der Waals surface area contributed by atoms with E-state index in [0.717, 1.165) is 28.4 Å². The van der Waals surface area contributed by atoms with Gasteiger partial charge in [0.2, 0.25) is 16.0 Å². The van der Waals surface area contributed by atoms with Gasteiger partial charge in [0.15, 0.2) is 8.32 Å². The van der Waals surface area contributed by atoms with E-state index in [1.807, 2.05) is 0 Å². The number of rotatable bonds is 9. The zero-order valence-electron chi connectivity index (χ0n) is 25.4. The van der Waals surface area contributed by atoms with E-state index < -0.39 is 18.3 Å². The molecule has 0 spiro atoms. The van der Waals surface area contributed by atoms with Crippen LogP contribution in [0.15, 0.2) is 47.4 Å². The third-order valence-corrected chi connectivity index (χ3v) is 14.5. The van der Waals surface area contributed by atoms with E-state index in [9.17, 15) is 13.2 Å². The monoisotopic (exact) mass is 610 g/mol. The number of hydrogen-bond donors (Lipinski definition) is 2. The fourth-order valence-corrected chi connectivity index (χ4v) is 7.02. The number of anilines is 1. The molecule has 4 aromatic rings. The van der Waals surface area contributed by atoms with Gasteiger partial charge in [-0.25, -0.2) is 17.7 Å². The lowest BCUT2D eigenvalue weighted by Crippen LogP contribution is -2.42. The zero-order valence-corrected chi connectivity index (χ0v) is 27.2. The van der Waals surface area contributed by atoms with E-state index >= 15 is 0 Å². The van der Waals surface area contributed by atoms with Crippen LogP contribution in [0.1, 0.15) is 44.9 Å². The lowest BCUT2D eigenvalue weighted by molar-refractivity contribution is 0.292. The summed E-state index contributed by atoms with van der Waals surface area (Å²) in [6.45, 7) is 13.3. The molecule has 3 aromatic heterocycles. The summed E-state index contributed by atoms with van der Waals surface area (Å²) in [6.07, 6.45) is 5.14. The first kappa shape index (κ1) is 30.4. The maximum Gasteiger partial charge on any atom is 0.252 e. The van der Waals surface area contributed by atoms with Crippen molar-refractivity contribution >= 4 is 46.2 Å². The molecule has 0 radical (unpaired) electrons. The Morgan fingerprint density at radius 3 is 2.52 bits per heavy atom. The summed E-state index contributed by atoms with van der Waals surface area (Å²) in [5.74, 6) is 0.431. The van der Waals surface area contributed by atoms with Crippen LogP contribution in [-0.4, -0.2) is 72.6 Å². The molecule has 12 heteroatoms. The minimum atomic E-state index is -3.19. The van der Waals surface area contributed by atoms with Crippen molar-refractivity contribution in [2.75, 3.05) is 31.3 Å². The van der Waals surface area contributed by atoms with E-state index in [4.69, 9.17) is 9.41 Å². The Kier molecular flexibility index (Phi) is 8.36. The molecule has 0 aliphatic carbocycles. The number of pyridine rings is 1. The van der Waals surface area contributed by atoms with Crippen LogP contribution in [0.25, 0.3) is 21.9 Å². The molecule has 0 amide bonds. The van der Waals surface area contributed by atoms with Crippen LogP contribution in [0.5, 0.6) is 0 Å². The molecule has 0 saturated carbocycles. The molecule has 226 valence electrons. The predicted octanol–water partition coefficient (Wildman–Crippen LogP) is 4.72. The van der Waals surface area contributed by atoms with Crippen molar-refractivity contribution in [3.05, 3.63) is 64.2 Å². The summed E-state index contributed by atoms with van der Waals surface area (Å²) in [5.41, 5.74) is 3.56. The molecule has 5 rings (SSSR count). The first-order valence-corrected chi connectivity index (χ1v) is 19.3. The van der Waals surface area contributed by atoms with Crippen LogP contribution < -0.4 is 10.9 Å². The van der Waals surface area contributed by atoms with Crippen molar-refractivity contribution in [2.24, 2.45) is 0 Å². The smallest absolute Gasteiger partial charge is 0.252 e. The molecular formula is C30H42N6O4SSi. The minimum Gasteiger partial charge on any atom is -0.416 e. The minimum absolute atomic E-state index is 0.0551. The molecule has 1 aromatic carbocycles. The molecule has 1 saturated heterocycles. The normalized spacial score (nSPS) is 16.0. The van der Waals surface area contributed by atoms with E-state index in [1.165, 1.54) is 16.1 Å². The van der Waals surface area contributed by atoms with Gasteiger partial charge in [0, 0.05) is 54.6 Å². The highest BCUT2D eigenvalue weighted by Gasteiger charge is 2.36. The Bertz CT molecular complexity index is 1750. The fourth-order valence-electron chi connectivity index (χ4n) is 5.10. The third-order valence-electron chi connectivity index (χ3n) is 8.71. The second kappa shape index (κ2) is 11.6. The number of aromatic amines is 1. The standard InChI is InChI=1S/C30H42N6O4SSi/c1-30(2,3)42(5,6)40-16-13-21-7-9-26-23(17-21)18-25(32-26)20-36-27(37)10-8-22-19-31-29(34-28(22)36)33-24-11-14-35(15-12-24)41(4,38)39/h7-10,17-19,24,32H,11-16,20H2,1-6H3,(H,31,33,34). The number of hydrogen-bond acceptors (Lipinski definition) is 7. The van der Waals surface area contributed by atoms with E-state index in [1.54, 1.807) is 22.9 Å². The Hall–Kier alpha value is -3.06. The number of piperidine rings is 1. The molecule has 0 bridgehead atoms. The summed E-state index contributed by atoms with van der Waals surface area (Å²) in [4.78, 5) is 25.6. The van der Waals surface area contributed by atoms with Crippen molar-refractivity contribution in [1.82, 2.24) is 23.8 Å². The summed E-state index contributed by atoms with van der Waals surface area (Å²) in [5, 5.41) is 5.40. The number of benzene rings is 1. The van der Waals surface area contributed by atoms with Gasteiger partial charge in [0.1, 0.15) is 5.65 Å². The van der Waals surface area contributed by atoms with Crippen molar-refractivity contribution in [3.8, 4) is 0 Å². The van der Waals surface area contributed by atoms with E-state index in [2.05, 4.69) is 73.4 Å². The molecule has 10 nitrogen and oxygen atoms in total. The number of aromatic nitrogens is 4. The maximum absolute atomic E-state index is 13.0. The predicted molar refractivity (Wildman–Crippen MR) is 171 cm³/mol. The highest BCUT2D eigenvalue weighted by molar-refractivity contribution is 7.88. The average molecular weight is 611 g/mol. The summed E-state index contributed by atoms with van der Waals surface area (Å²) < 4.78 is 33.2. The number of fused-ring (bicyclic) bond motifs is 2. The summed E-state index contributed by atoms with van der Waals surface area (Å²) in [7, 11) is -4.97. The van der Waals surface area contributed by atoms with Crippen LogP contribution in [0.2, 0.25) is 18.1 Å². The van der Waals surface area contributed by atoms with Gasteiger partial charge in [-0.3, -0.25) is 9.36 Å². The first-order chi connectivity index (χ1) is 19.7. The number of H-pyrrole nitrogens is 1. The van der Waals surface area contributed by atoms with Gasteiger partial charge >= 0.3 is 0 Å². The van der Waals surface area contributed by atoms with Crippen molar-refractivity contribution in [2.45, 2.75) is 70.8 Å². The lowest BCUT2D eigenvalue weighted by Gasteiger charge is -2.36. The Balaban J connectivity index is 1.31. The molecular weight excluding hydrogens is 569 g/mol. The molecule has 0 unspecified atom stereocenters. The lowest BCUT2D eigenvalue weighted by atomic mass is 10.1. The number of nitrogens with zero attached hydrogens (tertiary/aromatic N) is 4. The quantitative estimate of drug-likeness (QED) is 0.263. The molecule has 42 heavy (non-hydrogen) atoms. The topological polar surface area (TPSA) is 122 Å². The summed E-state index contributed by atoms with van der Waals surface area (Å²) in [6, 6.07) is 11.8. The van der Waals surface area contributed by atoms with Crippen molar-refractivity contribution < 1.29 is 12.8 Å². The molecule has 4 heterocycles. The molecule has 0 atom stereocenters. The van der Waals surface area contributed by atoms with Gasteiger partial charge in [0.05, 0.1) is 12.8 Å². The van der Waals surface area contributed by atoms with Crippen LogP contribution in [0, 0.1) is 0 Å². The second-order valence-electron chi connectivity index (χ2n) is 12.9. The van der Waals surface area contributed by atoms with Crippen LogP contribution in [0.3, 0.4) is 0 Å². The second-order valence-corrected chi connectivity index (χ2v) is 19.7. The highest BCUT2D eigenvalue weighted by Crippen LogP contribution is 2.36. The summed E-state index contributed by atoms with van der Waals surface area (Å²) >= 11 is 0. The first-order valence-electron chi connectivity index (χ1n) is 14.5. The highest BCUT2D eigenvalue weighted by atomic mass is 32.2. The van der Waals surface area contributed by atoms with E-state index in [-0.39, 0.29) is 16.6 Å². The largest absolute Gasteiger partial charge is 0.416 e. The Morgan fingerprint density at radius 2 is 1.83 bits per heavy atom. The van der Waals surface area contributed by atoms with Gasteiger partial charge < -0.3 is 14.7 Å². The Labute approximate surface area is 248 Å². The molecule has 1 aliphatic heterocycles. The third kappa shape index (κ3) is 6.77. The van der Waals surface area contributed by atoms with Crippen LogP contribution in [0.4, 0.5) is 5.95 Å². The molecule has 2 N–H and O–H groups in total. The van der Waals surface area contributed by atoms with Crippen molar-refractivity contribution in [3.63, 3.8) is 0 Å². The van der Waals surface area contributed by atoms with Crippen molar-refractivity contribution in [1.29, 1.82) is 0 Å². The molecule has 1 aliphatic rings. The fraction of sp³-hybridized carbons (Fsp3) is 0.500.